The van der Waals surface area contributed by atoms with Crippen LogP contribution in [0.4, 0.5) is 19.0 Å². The fraction of sp³-hybridized carbons (Fsp3) is 0.312. The van der Waals surface area contributed by atoms with Gasteiger partial charge in [-0.1, -0.05) is 6.92 Å². The van der Waals surface area contributed by atoms with E-state index in [4.69, 9.17) is 5.26 Å². The normalized spacial score (nSPS) is 13.3. The molecule has 2 aromatic rings. The summed E-state index contributed by atoms with van der Waals surface area (Å²) in [5.41, 5.74) is 5.32. The molecule has 3 rings (SSSR count). The number of nitrogens with zero attached hydrogens (tertiary/aromatic N) is 4. The third-order valence-electron chi connectivity index (χ3n) is 3.73. The van der Waals surface area contributed by atoms with Gasteiger partial charge >= 0.3 is 6.18 Å². The summed E-state index contributed by atoms with van der Waals surface area (Å²) in [6, 6.07) is 3.95. The van der Waals surface area contributed by atoms with Gasteiger partial charge in [-0.05, 0) is 23.5 Å². The summed E-state index contributed by atoms with van der Waals surface area (Å²) in [6.07, 6.45) is -1.70. The molecule has 0 bridgehead atoms. The number of anilines is 1. The van der Waals surface area contributed by atoms with Crippen LogP contribution in [0.5, 0.6) is 0 Å². The Balaban J connectivity index is 2.08. The number of aromatic nitrogens is 3. The lowest BCUT2D eigenvalue weighted by atomic mass is 10.2. The van der Waals surface area contributed by atoms with Crippen LogP contribution in [0.2, 0.25) is 0 Å². The van der Waals surface area contributed by atoms with Gasteiger partial charge in [-0.15, -0.1) is 11.8 Å². The Kier molecular flexibility index (Phi) is 4.82. The fourth-order valence-electron chi connectivity index (χ4n) is 2.54. The van der Waals surface area contributed by atoms with E-state index in [-0.39, 0.29) is 12.1 Å². The van der Waals surface area contributed by atoms with Gasteiger partial charge in [-0.3, -0.25) is 15.8 Å². The Morgan fingerprint density at radius 1 is 1.35 bits per heavy atom. The molecule has 26 heavy (non-hydrogen) atoms. The largest absolute Gasteiger partial charge is 0.432 e. The van der Waals surface area contributed by atoms with Crippen molar-refractivity contribution in [2.75, 3.05) is 11.2 Å². The zero-order chi connectivity index (χ0) is 18.9. The standard InChI is InChI=1S/C16H15F3N6S/c1-3-26-11-6-9(4-5-20)8-21-13(11)15-22-10-7-12(16(17,18)19)23-24-14(10)25(15)2/h6-8,23-24H,3-4H2,1-2H3. The molecule has 0 saturated carbocycles. The lowest BCUT2D eigenvalue weighted by molar-refractivity contribution is -0.0951. The van der Waals surface area contributed by atoms with Gasteiger partial charge < -0.3 is 4.57 Å². The zero-order valence-electron chi connectivity index (χ0n) is 14.0. The summed E-state index contributed by atoms with van der Waals surface area (Å²) < 4.78 is 40.3. The van der Waals surface area contributed by atoms with E-state index in [0.717, 1.165) is 22.3 Å². The molecular weight excluding hydrogens is 365 g/mol. The molecule has 3 heterocycles. The first-order valence-electron chi connectivity index (χ1n) is 7.71. The van der Waals surface area contributed by atoms with Crippen LogP contribution < -0.4 is 10.9 Å². The number of nitrogens with one attached hydrogen (secondary N) is 2. The molecule has 136 valence electrons. The molecule has 1 aliphatic rings. The van der Waals surface area contributed by atoms with Crippen molar-refractivity contribution >= 4 is 23.7 Å². The second kappa shape index (κ2) is 6.92. The van der Waals surface area contributed by atoms with Gasteiger partial charge in [0.25, 0.3) is 0 Å². The highest BCUT2D eigenvalue weighted by Crippen LogP contribution is 2.35. The van der Waals surface area contributed by atoms with Crippen LogP contribution in [0.25, 0.3) is 17.6 Å². The van der Waals surface area contributed by atoms with Gasteiger partial charge in [-0.2, -0.15) is 18.4 Å². The Morgan fingerprint density at radius 2 is 2.12 bits per heavy atom. The molecule has 6 nitrogen and oxygen atoms in total. The number of rotatable bonds is 4. The average Bonchev–Trinajstić information content (AvgIpc) is 2.91. The second-order valence-corrected chi connectivity index (χ2v) is 6.80. The summed E-state index contributed by atoms with van der Waals surface area (Å²) in [4.78, 5) is 9.59. The monoisotopic (exact) mass is 380 g/mol. The fourth-order valence-corrected chi connectivity index (χ4v) is 3.37. The van der Waals surface area contributed by atoms with Gasteiger partial charge in [-0.25, -0.2) is 4.98 Å². The molecule has 0 unspecified atom stereocenters. The predicted molar refractivity (Wildman–Crippen MR) is 92.9 cm³/mol. The molecule has 0 fully saturated rings. The average molecular weight is 380 g/mol. The number of hydrazine groups is 1. The van der Waals surface area contributed by atoms with E-state index in [1.807, 2.05) is 13.0 Å². The van der Waals surface area contributed by atoms with Crippen LogP contribution in [0.1, 0.15) is 18.2 Å². The molecule has 1 aliphatic heterocycles. The highest BCUT2D eigenvalue weighted by Gasteiger charge is 2.37. The minimum absolute atomic E-state index is 0.184. The number of imidazole rings is 1. The molecule has 0 atom stereocenters. The number of allylic oxidation sites excluding steroid dienone is 1. The number of hydrogen-bond donors (Lipinski definition) is 2. The zero-order valence-corrected chi connectivity index (χ0v) is 14.8. The highest BCUT2D eigenvalue weighted by atomic mass is 32.2. The molecule has 10 heteroatoms. The van der Waals surface area contributed by atoms with Crippen LogP contribution in [0.3, 0.4) is 0 Å². The van der Waals surface area contributed by atoms with Crippen molar-refractivity contribution < 1.29 is 13.2 Å². The number of pyridine rings is 1. The SMILES string of the molecule is CCSc1cc(CC#N)cnc1-c1nc2c(n1C)NNC(C(F)(F)F)=C2. The maximum absolute atomic E-state index is 12.9. The number of hydrogen-bond acceptors (Lipinski definition) is 6. The minimum atomic E-state index is -4.50. The van der Waals surface area contributed by atoms with E-state index in [9.17, 15) is 13.2 Å². The third-order valence-corrected chi connectivity index (χ3v) is 4.64. The molecular formula is C16H15F3N6S. The Morgan fingerprint density at radius 3 is 2.77 bits per heavy atom. The van der Waals surface area contributed by atoms with E-state index < -0.39 is 11.9 Å². The lowest BCUT2D eigenvalue weighted by Gasteiger charge is -2.20. The first kappa shape index (κ1) is 18.1. The molecule has 0 radical (unpaired) electrons. The summed E-state index contributed by atoms with van der Waals surface area (Å²) >= 11 is 1.54. The number of halogens is 3. The van der Waals surface area contributed by atoms with Gasteiger partial charge in [0.05, 0.1) is 12.5 Å². The minimum Gasteiger partial charge on any atom is -0.311 e. The van der Waals surface area contributed by atoms with Crippen LogP contribution in [-0.2, 0) is 13.5 Å². The summed E-state index contributed by atoms with van der Waals surface area (Å²) in [5.74, 6) is 1.65. The number of fused-ring (bicyclic) bond motifs is 1. The molecule has 0 amide bonds. The van der Waals surface area contributed by atoms with Crippen molar-refractivity contribution in [2.24, 2.45) is 7.05 Å². The second-order valence-electron chi connectivity index (χ2n) is 5.49. The summed E-state index contributed by atoms with van der Waals surface area (Å²) in [6.45, 7) is 1.98. The van der Waals surface area contributed by atoms with Crippen molar-refractivity contribution in [3.05, 3.63) is 29.2 Å². The summed E-state index contributed by atoms with van der Waals surface area (Å²) in [5, 5.41) is 8.86. The van der Waals surface area contributed by atoms with Crippen LogP contribution in [-0.4, -0.2) is 26.5 Å². The van der Waals surface area contributed by atoms with E-state index in [2.05, 4.69) is 26.9 Å². The Bertz CT molecular complexity index is 910. The predicted octanol–water partition coefficient (Wildman–Crippen LogP) is 3.49. The maximum Gasteiger partial charge on any atom is 0.432 e. The number of nitriles is 1. The van der Waals surface area contributed by atoms with Crippen LogP contribution in [0.15, 0.2) is 22.9 Å². The van der Waals surface area contributed by atoms with Crippen molar-refractivity contribution in [2.45, 2.75) is 24.4 Å². The Hall–Kier alpha value is -2.67. The van der Waals surface area contributed by atoms with Gasteiger partial charge in [0.2, 0.25) is 0 Å². The topological polar surface area (TPSA) is 78.6 Å². The highest BCUT2D eigenvalue weighted by molar-refractivity contribution is 7.99. The maximum atomic E-state index is 12.9. The van der Waals surface area contributed by atoms with Crippen molar-refractivity contribution in [1.29, 1.82) is 5.26 Å². The molecule has 2 N–H and O–H groups in total. The van der Waals surface area contributed by atoms with E-state index in [0.29, 0.717) is 17.3 Å². The lowest BCUT2D eigenvalue weighted by Crippen LogP contribution is -2.33. The van der Waals surface area contributed by atoms with Gasteiger partial charge in [0, 0.05) is 18.1 Å². The number of alkyl halides is 3. The van der Waals surface area contributed by atoms with E-state index in [1.165, 1.54) is 11.8 Å². The molecule has 0 saturated heterocycles. The molecule has 0 aromatic carbocycles. The van der Waals surface area contributed by atoms with Gasteiger partial charge in [0.15, 0.2) is 11.6 Å². The van der Waals surface area contributed by atoms with E-state index >= 15 is 0 Å². The van der Waals surface area contributed by atoms with Gasteiger partial charge in [0.1, 0.15) is 17.1 Å². The van der Waals surface area contributed by atoms with Crippen LogP contribution in [0, 0.1) is 11.3 Å². The third kappa shape index (κ3) is 3.35. The quantitative estimate of drug-likeness (QED) is 0.791. The van der Waals surface area contributed by atoms with E-state index in [1.54, 1.807) is 17.8 Å². The Labute approximate surface area is 152 Å². The smallest absolute Gasteiger partial charge is 0.311 e. The van der Waals surface area contributed by atoms with Crippen LogP contribution >= 0.6 is 11.8 Å². The first-order chi connectivity index (χ1) is 12.3. The van der Waals surface area contributed by atoms with Crippen molar-refractivity contribution in [3.63, 3.8) is 0 Å². The molecule has 2 aromatic heterocycles. The van der Waals surface area contributed by atoms with Crippen molar-refractivity contribution in [1.82, 2.24) is 20.0 Å². The summed E-state index contributed by atoms with van der Waals surface area (Å²) in [7, 11) is 1.70. The molecule has 0 aliphatic carbocycles. The molecule has 0 spiro atoms. The first-order valence-corrected chi connectivity index (χ1v) is 8.70. The van der Waals surface area contributed by atoms with Crippen molar-refractivity contribution in [3.8, 4) is 17.6 Å². The number of thioether (sulfide) groups is 1.